The Bertz CT molecular complexity index is 2620. The van der Waals surface area contributed by atoms with E-state index in [2.05, 4.69) is 205 Å². The molecule has 51 heavy (non-hydrogen) atoms. The zero-order chi connectivity index (χ0) is 33.8. The first-order valence-corrected chi connectivity index (χ1v) is 18.3. The van der Waals surface area contributed by atoms with Gasteiger partial charge in [0.05, 0.1) is 5.41 Å². The molecule has 0 amide bonds. The number of rotatable bonds is 6. The third-order valence-corrected chi connectivity index (χ3v) is 11.8. The van der Waals surface area contributed by atoms with Crippen molar-refractivity contribution in [1.29, 1.82) is 0 Å². The minimum absolute atomic E-state index is 0.507. The molecule has 0 bridgehead atoms. The summed E-state index contributed by atoms with van der Waals surface area (Å²) in [4.78, 5) is 2.40. The fraction of sp³-hybridized carbons (Fsp3) is 0.0204. The Labute approximate surface area is 302 Å². The highest BCUT2D eigenvalue weighted by atomic mass is 32.1. The van der Waals surface area contributed by atoms with Crippen LogP contribution in [0.5, 0.6) is 0 Å². The van der Waals surface area contributed by atoms with Crippen LogP contribution in [-0.4, -0.2) is 0 Å². The van der Waals surface area contributed by atoms with Gasteiger partial charge in [0, 0.05) is 42.8 Å². The number of thiophene rings is 1. The fourth-order valence-corrected chi connectivity index (χ4v) is 9.60. The van der Waals surface area contributed by atoms with Crippen molar-refractivity contribution < 1.29 is 0 Å². The summed E-state index contributed by atoms with van der Waals surface area (Å²) in [5.74, 6) is 0. The van der Waals surface area contributed by atoms with Crippen molar-refractivity contribution in [2.75, 3.05) is 4.90 Å². The third kappa shape index (κ3) is 4.61. The summed E-state index contributed by atoms with van der Waals surface area (Å²) in [5.41, 5.74) is 13.1. The highest BCUT2D eigenvalue weighted by Gasteiger charge is 2.47. The molecule has 1 heterocycles. The summed E-state index contributed by atoms with van der Waals surface area (Å²) in [7, 11) is 0. The zero-order valence-corrected chi connectivity index (χ0v) is 28.7. The predicted molar refractivity (Wildman–Crippen MR) is 217 cm³/mol. The number of hydrogen-bond donors (Lipinski definition) is 0. The smallest absolute Gasteiger partial charge is 0.0714 e. The summed E-state index contributed by atoms with van der Waals surface area (Å²) < 4.78 is 2.68. The van der Waals surface area contributed by atoms with Crippen LogP contribution in [0.1, 0.15) is 22.3 Å². The van der Waals surface area contributed by atoms with E-state index in [4.69, 9.17) is 0 Å². The molecule has 0 aliphatic heterocycles. The quantitative estimate of drug-likeness (QED) is 0.171. The van der Waals surface area contributed by atoms with Crippen molar-refractivity contribution >= 4 is 48.6 Å². The van der Waals surface area contributed by atoms with Gasteiger partial charge in [-0.15, -0.1) is 11.3 Å². The molecule has 8 aromatic carbocycles. The molecule has 1 aliphatic rings. The summed E-state index contributed by atoms with van der Waals surface area (Å²) in [6.45, 7) is 0. The molecule has 9 aromatic rings. The van der Waals surface area contributed by atoms with Gasteiger partial charge in [0.2, 0.25) is 0 Å². The second-order valence-corrected chi connectivity index (χ2v) is 14.3. The number of anilines is 3. The van der Waals surface area contributed by atoms with Gasteiger partial charge in [0.1, 0.15) is 0 Å². The van der Waals surface area contributed by atoms with Gasteiger partial charge in [-0.2, -0.15) is 0 Å². The fourth-order valence-electron chi connectivity index (χ4n) is 8.34. The normalized spacial score (nSPS) is 12.9. The molecule has 1 nitrogen and oxygen atoms in total. The standard InChI is InChI=1S/C49H33NS/c1-5-15-34(16-6-1)35-25-27-39(28-26-35)50(38-21-11-4-12-22-38)40-29-30-43-45(33-40)49(36-17-7-2-8-18-36,37-19-9-3-10-20-37)44-32-31-42-41-23-13-14-24-46(41)51-48(42)47(43)44/h1-33H. The van der Waals surface area contributed by atoms with Crippen LogP contribution < -0.4 is 4.90 Å². The summed E-state index contributed by atoms with van der Waals surface area (Å²) in [6, 6.07) is 73.3. The first kappa shape index (κ1) is 29.7. The number of hydrogen-bond acceptors (Lipinski definition) is 2. The molecule has 0 radical (unpaired) electrons. The SMILES string of the molecule is c1ccc(-c2ccc(N(c3ccccc3)c3ccc4c(c3)C(c3ccccc3)(c3ccccc3)c3ccc5c(sc6ccccc65)c3-4)cc2)cc1. The highest BCUT2D eigenvalue weighted by molar-refractivity contribution is 7.26. The Morgan fingerprint density at radius 1 is 0.392 bits per heavy atom. The second-order valence-electron chi connectivity index (χ2n) is 13.3. The van der Waals surface area contributed by atoms with Crippen LogP contribution in [0.2, 0.25) is 0 Å². The van der Waals surface area contributed by atoms with Crippen molar-refractivity contribution in [1.82, 2.24) is 0 Å². The summed E-state index contributed by atoms with van der Waals surface area (Å²) in [5, 5.41) is 2.65. The molecule has 0 N–H and O–H groups in total. The maximum atomic E-state index is 2.46. The summed E-state index contributed by atoms with van der Waals surface area (Å²) in [6.07, 6.45) is 0. The Hall–Kier alpha value is -6.22. The van der Waals surface area contributed by atoms with Crippen molar-refractivity contribution in [3.05, 3.63) is 222 Å². The lowest BCUT2D eigenvalue weighted by Crippen LogP contribution is -2.28. The lowest BCUT2D eigenvalue weighted by molar-refractivity contribution is 0.769. The molecule has 1 aromatic heterocycles. The predicted octanol–water partition coefficient (Wildman–Crippen LogP) is 13.6. The lowest BCUT2D eigenvalue weighted by Gasteiger charge is -2.35. The molecule has 0 saturated heterocycles. The van der Waals surface area contributed by atoms with Gasteiger partial charge in [-0.1, -0.05) is 158 Å². The summed E-state index contributed by atoms with van der Waals surface area (Å²) >= 11 is 1.92. The maximum absolute atomic E-state index is 2.46. The molecule has 10 rings (SSSR count). The molecular formula is C49H33NS. The van der Waals surface area contributed by atoms with Gasteiger partial charge in [0.25, 0.3) is 0 Å². The minimum atomic E-state index is -0.507. The van der Waals surface area contributed by atoms with Gasteiger partial charge < -0.3 is 4.90 Å². The van der Waals surface area contributed by atoms with E-state index in [0.29, 0.717) is 0 Å². The lowest BCUT2D eigenvalue weighted by atomic mass is 9.67. The van der Waals surface area contributed by atoms with Gasteiger partial charge in [0.15, 0.2) is 0 Å². The first-order chi connectivity index (χ1) is 25.3. The van der Waals surface area contributed by atoms with Crippen LogP contribution in [-0.2, 0) is 5.41 Å². The molecule has 0 fully saturated rings. The molecule has 240 valence electrons. The van der Waals surface area contributed by atoms with E-state index in [9.17, 15) is 0 Å². The molecule has 0 saturated carbocycles. The largest absolute Gasteiger partial charge is 0.310 e. The average Bonchev–Trinajstić information content (AvgIpc) is 3.73. The minimum Gasteiger partial charge on any atom is -0.310 e. The van der Waals surface area contributed by atoms with Crippen molar-refractivity contribution in [3.8, 4) is 22.3 Å². The van der Waals surface area contributed by atoms with E-state index in [1.807, 2.05) is 11.3 Å². The Balaban J connectivity index is 1.26. The van der Waals surface area contributed by atoms with Crippen molar-refractivity contribution in [2.45, 2.75) is 5.41 Å². The van der Waals surface area contributed by atoms with E-state index < -0.39 is 5.41 Å². The van der Waals surface area contributed by atoms with Gasteiger partial charge in [-0.3, -0.25) is 0 Å². The third-order valence-electron chi connectivity index (χ3n) is 10.5. The maximum Gasteiger partial charge on any atom is 0.0714 e. The molecular weight excluding hydrogens is 635 g/mol. The van der Waals surface area contributed by atoms with Crippen molar-refractivity contribution in [3.63, 3.8) is 0 Å². The molecule has 0 atom stereocenters. The van der Waals surface area contributed by atoms with Crippen LogP contribution >= 0.6 is 11.3 Å². The number of fused-ring (bicyclic) bond motifs is 7. The number of para-hydroxylation sites is 1. The van der Waals surface area contributed by atoms with Gasteiger partial charge in [-0.05, 0) is 81.4 Å². The second kappa shape index (κ2) is 12.0. The van der Waals surface area contributed by atoms with Gasteiger partial charge >= 0.3 is 0 Å². The Morgan fingerprint density at radius 2 is 0.941 bits per heavy atom. The first-order valence-electron chi connectivity index (χ1n) is 17.5. The Kier molecular flexibility index (Phi) is 6.97. The average molecular weight is 668 g/mol. The zero-order valence-electron chi connectivity index (χ0n) is 27.9. The van der Waals surface area contributed by atoms with E-state index >= 15 is 0 Å². The number of nitrogens with zero attached hydrogens (tertiary/aromatic N) is 1. The molecule has 0 spiro atoms. The van der Waals surface area contributed by atoms with E-state index in [1.54, 1.807) is 0 Å². The highest BCUT2D eigenvalue weighted by Crippen LogP contribution is 2.60. The van der Waals surface area contributed by atoms with Gasteiger partial charge in [-0.25, -0.2) is 0 Å². The Morgan fingerprint density at radius 3 is 1.63 bits per heavy atom. The van der Waals surface area contributed by atoms with Crippen LogP contribution in [0.25, 0.3) is 42.4 Å². The molecule has 2 heteroatoms. The van der Waals surface area contributed by atoms with E-state index in [1.165, 1.54) is 64.7 Å². The molecule has 1 aliphatic carbocycles. The topological polar surface area (TPSA) is 3.24 Å². The van der Waals surface area contributed by atoms with E-state index in [0.717, 1.165) is 17.1 Å². The molecule has 0 unspecified atom stereocenters. The van der Waals surface area contributed by atoms with Crippen LogP contribution in [0.15, 0.2) is 200 Å². The van der Waals surface area contributed by atoms with Crippen LogP contribution in [0.3, 0.4) is 0 Å². The van der Waals surface area contributed by atoms with Crippen LogP contribution in [0, 0.1) is 0 Å². The number of benzene rings is 8. The van der Waals surface area contributed by atoms with Crippen LogP contribution in [0.4, 0.5) is 17.1 Å². The van der Waals surface area contributed by atoms with E-state index in [-0.39, 0.29) is 0 Å². The monoisotopic (exact) mass is 667 g/mol. The van der Waals surface area contributed by atoms with Crippen molar-refractivity contribution in [2.24, 2.45) is 0 Å².